The number of carbonyl (C=O) groups excluding carboxylic acids is 2. The van der Waals surface area contributed by atoms with Crippen molar-refractivity contribution in [3.05, 3.63) is 24.3 Å². The van der Waals surface area contributed by atoms with Gasteiger partial charge in [0.15, 0.2) is 6.10 Å². The summed E-state index contributed by atoms with van der Waals surface area (Å²) in [5.41, 5.74) is 0. The van der Waals surface area contributed by atoms with Gasteiger partial charge in [-0.3, -0.25) is 18.6 Å². The maximum Gasteiger partial charge on any atom is 0.472 e. The number of hydrogen-bond acceptors (Lipinski definition) is 7. The number of carbonyl (C=O) groups is 2. The van der Waals surface area contributed by atoms with E-state index in [1.807, 2.05) is 21.1 Å². The standard InChI is InChI=1S/C45H86NO8P/c1-6-8-10-12-14-16-18-20-22-24-26-28-30-32-34-36-38-45(48)54-43(42-53-55(49,50)52-40-39-46(3,4)5)41-51-44(47)37-35-33-31-29-27-25-23-21-19-17-15-13-11-9-7-2/h15,17,21,23,43H,6-14,16,18-20,22,24-42H2,1-5H3/p+1/b17-15-,23-21-/t43-/m1/s1. The van der Waals surface area contributed by atoms with Crippen LogP contribution < -0.4 is 0 Å². The highest BCUT2D eigenvalue weighted by molar-refractivity contribution is 7.47. The first kappa shape index (κ1) is 53.5. The molecule has 55 heavy (non-hydrogen) atoms. The van der Waals surface area contributed by atoms with Crippen molar-refractivity contribution in [2.45, 2.75) is 206 Å². The van der Waals surface area contributed by atoms with E-state index in [4.69, 9.17) is 18.5 Å². The lowest BCUT2D eigenvalue weighted by molar-refractivity contribution is -0.870. The fourth-order valence-corrected chi connectivity index (χ4v) is 6.90. The number of nitrogens with zero attached hydrogens (tertiary/aromatic N) is 1. The number of ether oxygens (including phenoxy) is 2. The predicted octanol–water partition coefficient (Wildman–Crippen LogP) is 12.7. The molecule has 0 heterocycles. The topological polar surface area (TPSA) is 108 Å². The van der Waals surface area contributed by atoms with E-state index in [9.17, 15) is 19.0 Å². The number of rotatable bonds is 41. The third kappa shape index (κ3) is 41.9. The van der Waals surface area contributed by atoms with Crippen LogP contribution in [0.25, 0.3) is 0 Å². The molecule has 0 spiro atoms. The highest BCUT2D eigenvalue weighted by Crippen LogP contribution is 2.43. The van der Waals surface area contributed by atoms with Crippen molar-refractivity contribution < 1.29 is 42.1 Å². The fraction of sp³-hybridized carbons (Fsp3) is 0.867. The summed E-state index contributed by atoms with van der Waals surface area (Å²) in [5.74, 6) is -0.807. The lowest BCUT2D eigenvalue weighted by Gasteiger charge is -2.24. The molecule has 0 radical (unpaired) electrons. The molecule has 1 unspecified atom stereocenters. The van der Waals surface area contributed by atoms with Crippen molar-refractivity contribution in [3.8, 4) is 0 Å². The van der Waals surface area contributed by atoms with Crippen LogP contribution in [0.5, 0.6) is 0 Å². The zero-order valence-corrected chi connectivity index (χ0v) is 37.3. The van der Waals surface area contributed by atoms with Gasteiger partial charge in [0.25, 0.3) is 0 Å². The first-order chi connectivity index (χ1) is 26.5. The summed E-state index contributed by atoms with van der Waals surface area (Å²) < 4.78 is 34.3. The van der Waals surface area contributed by atoms with Crippen LogP contribution in [-0.2, 0) is 32.7 Å². The van der Waals surface area contributed by atoms with E-state index in [1.54, 1.807) is 0 Å². The van der Waals surface area contributed by atoms with Crippen LogP contribution in [0.15, 0.2) is 24.3 Å². The van der Waals surface area contributed by atoms with Crippen molar-refractivity contribution >= 4 is 19.8 Å². The lowest BCUT2D eigenvalue weighted by atomic mass is 10.0. The maximum atomic E-state index is 12.7. The molecule has 0 amide bonds. The second kappa shape index (κ2) is 38.0. The number of hydrogen-bond donors (Lipinski definition) is 1. The summed E-state index contributed by atoms with van der Waals surface area (Å²) in [4.78, 5) is 35.4. The van der Waals surface area contributed by atoms with E-state index in [-0.39, 0.29) is 32.0 Å². The van der Waals surface area contributed by atoms with Gasteiger partial charge in [0, 0.05) is 12.8 Å². The number of esters is 2. The number of likely N-dealkylation sites (N-methyl/N-ethyl adjacent to an activating group) is 1. The van der Waals surface area contributed by atoms with Crippen molar-refractivity contribution in [3.63, 3.8) is 0 Å². The molecule has 2 atom stereocenters. The summed E-state index contributed by atoms with van der Waals surface area (Å²) >= 11 is 0. The second-order valence-electron chi connectivity index (χ2n) is 16.4. The monoisotopic (exact) mass is 801 g/mol. The Labute approximate surface area is 339 Å². The number of quaternary nitrogens is 1. The van der Waals surface area contributed by atoms with Crippen LogP contribution in [0.2, 0.25) is 0 Å². The Hall–Kier alpha value is -1.51. The van der Waals surface area contributed by atoms with Crippen LogP contribution in [0.1, 0.15) is 200 Å². The van der Waals surface area contributed by atoms with Crippen molar-refractivity contribution in [2.24, 2.45) is 0 Å². The minimum Gasteiger partial charge on any atom is -0.462 e. The molecule has 0 saturated heterocycles. The number of phosphoric acid groups is 1. The van der Waals surface area contributed by atoms with Crippen LogP contribution in [-0.4, -0.2) is 74.9 Å². The van der Waals surface area contributed by atoms with Gasteiger partial charge in [-0.05, 0) is 44.9 Å². The molecule has 0 aromatic heterocycles. The first-order valence-electron chi connectivity index (χ1n) is 22.6. The molecule has 9 nitrogen and oxygen atoms in total. The SMILES string of the molecule is CCCCC/C=C\C/C=C\CCCCCCCC(=O)OC[C@H](COP(=O)(O)OCC[N+](C)(C)C)OC(=O)CCCCCCCCCCCCCCCCCC. The Morgan fingerprint density at radius 2 is 0.982 bits per heavy atom. The highest BCUT2D eigenvalue weighted by atomic mass is 31.2. The Balaban J connectivity index is 4.35. The molecule has 0 aliphatic rings. The van der Waals surface area contributed by atoms with E-state index < -0.39 is 26.5 Å². The molecular weight excluding hydrogens is 713 g/mol. The van der Waals surface area contributed by atoms with Gasteiger partial charge in [-0.1, -0.05) is 167 Å². The van der Waals surface area contributed by atoms with Gasteiger partial charge in [-0.2, -0.15) is 0 Å². The Bertz CT molecular complexity index is 996. The molecule has 0 bridgehead atoms. The number of allylic oxidation sites excluding steroid dienone is 4. The zero-order chi connectivity index (χ0) is 40.7. The predicted molar refractivity (Wildman–Crippen MR) is 229 cm³/mol. The molecule has 0 aliphatic heterocycles. The molecule has 0 aromatic carbocycles. The molecule has 0 aliphatic carbocycles. The van der Waals surface area contributed by atoms with Gasteiger partial charge < -0.3 is 18.9 Å². The van der Waals surface area contributed by atoms with Crippen LogP contribution in [0.4, 0.5) is 0 Å². The highest BCUT2D eigenvalue weighted by Gasteiger charge is 2.27. The molecule has 0 saturated carbocycles. The van der Waals surface area contributed by atoms with Gasteiger partial charge in [-0.25, -0.2) is 4.57 Å². The molecule has 0 fully saturated rings. The van der Waals surface area contributed by atoms with Gasteiger partial charge in [-0.15, -0.1) is 0 Å². The average molecular weight is 801 g/mol. The smallest absolute Gasteiger partial charge is 0.462 e. The minimum atomic E-state index is -4.37. The summed E-state index contributed by atoms with van der Waals surface area (Å²) in [6.07, 6.45) is 40.7. The van der Waals surface area contributed by atoms with Crippen molar-refractivity contribution in [2.75, 3.05) is 47.5 Å². The largest absolute Gasteiger partial charge is 0.472 e. The molecule has 324 valence electrons. The van der Waals surface area contributed by atoms with Gasteiger partial charge >= 0.3 is 19.8 Å². The summed E-state index contributed by atoms with van der Waals surface area (Å²) in [6, 6.07) is 0. The molecule has 0 aromatic rings. The van der Waals surface area contributed by atoms with Crippen LogP contribution in [0, 0.1) is 0 Å². The van der Waals surface area contributed by atoms with Gasteiger partial charge in [0.05, 0.1) is 27.7 Å². The molecule has 1 N–H and O–H groups in total. The van der Waals surface area contributed by atoms with E-state index in [2.05, 4.69) is 38.2 Å². The van der Waals surface area contributed by atoms with Crippen LogP contribution >= 0.6 is 7.82 Å². The maximum absolute atomic E-state index is 12.7. The fourth-order valence-electron chi connectivity index (χ4n) is 6.16. The number of unbranched alkanes of at least 4 members (excludes halogenated alkanes) is 23. The quantitative estimate of drug-likeness (QED) is 0.0214. The van der Waals surface area contributed by atoms with E-state index in [0.29, 0.717) is 17.4 Å². The average Bonchev–Trinajstić information content (AvgIpc) is 3.13. The Morgan fingerprint density at radius 3 is 1.47 bits per heavy atom. The van der Waals surface area contributed by atoms with E-state index in [1.165, 1.54) is 109 Å². The summed E-state index contributed by atoms with van der Waals surface area (Å²) in [6.45, 7) is 4.40. The van der Waals surface area contributed by atoms with Crippen molar-refractivity contribution in [1.29, 1.82) is 0 Å². The Kier molecular flexibility index (Phi) is 37.0. The van der Waals surface area contributed by atoms with E-state index >= 15 is 0 Å². The van der Waals surface area contributed by atoms with Gasteiger partial charge in [0.2, 0.25) is 0 Å². The summed E-state index contributed by atoms with van der Waals surface area (Å²) in [7, 11) is 1.47. The first-order valence-corrected chi connectivity index (χ1v) is 24.1. The number of phosphoric ester groups is 1. The third-order valence-electron chi connectivity index (χ3n) is 9.73. The molecular formula is C45H87NO8P+. The Morgan fingerprint density at radius 1 is 0.564 bits per heavy atom. The lowest BCUT2D eigenvalue weighted by Crippen LogP contribution is -2.37. The normalized spacial score (nSPS) is 13.8. The minimum absolute atomic E-state index is 0.0313. The summed E-state index contributed by atoms with van der Waals surface area (Å²) in [5, 5.41) is 0. The van der Waals surface area contributed by atoms with Crippen LogP contribution in [0.3, 0.4) is 0 Å². The molecule has 0 rings (SSSR count). The third-order valence-corrected chi connectivity index (χ3v) is 10.7. The van der Waals surface area contributed by atoms with E-state index in [0.717, 1.165) is 57.8 Å². The van der Waals surface area contributed by atoms with Gasteiger partial charge in [0.1, 0.15) is 19.8 Å². The second-order valence-corrected chi connectivity index (χ2v) is 17.9. The zero-order valence-electron chi connectivity index (χ0n) is 36.4. The molecule has 10 heteroatoms. The van der Waals surface area contributed by atoms with Crippen molar-refractivity contribution in [1.82, 2.24) is 0 Å².